The highest BCUT2D eigenvalue weighted by atomic mass is 16.6. The predicted octanol–water partition coefficient (Wildman–Crippen LogP) is 7.53. The average Bonchev–Trinajstić information content (AvgIpc) is 2.87. The van der Waals surface area contributed by atoms with Crippen molar-refractivity contribution >= 4 is 11.9 Å². The molecule has 0 aromatic heterocycles. The standard InChI is InChI=1S/C36H58O6/c1-22(37)41-28-15-16-33(6)26(34(28,7)21-39-10)14-17-36(9)27(33)13-12-24-25-20-31(3,4)29(40-11)30(42-23(2)38)32(25,5)18-19-35(24,36)8/h12,25-30H,13-21H2,1-11H3/t25-,26+,27+,28-,29-,30+,32+,33-,34+,35+,36+/m0/s1. The Morgan fingerprint density at radius 2 is 1.48 bits per heavy atom. The van der Waals surface area contributed by atoms with Gasteiger partial charge in [-0.05, 0) is 90.8 Å². The van der Waals surface area contributed by atoms with Crippen molar-refractivity contribution in [3.8, 4) is 0 Å². The van der Waals surface area contributed by atoms with Crippen molar-refractivity contribution in [3.63, 3.8) is 0 Å². The van der Waals surface area contributed by atoms with Crippen LogP contribution in [0, 0.1) is 50.2 Å². The second kappa shape index (κ2) is 10.3. The quantitative estimate of drug-likeness (QED) is 0.245. The molecule has 0 bridgehead atoms. The Hall–Kier alpha value is -1.40. The highest BCUT2D eigenvalue weighted by Gasteiger charge is 2.70. The number of fused-ring (bicyclic) bond motifs is 7. The second-order valence-corrected chi connectivity index (χ2v) is 16.8. The molecular weight excluding hydrogens is 528 g/mol. The molecule has 5 aliphatic rings. The van der Waals surface area contributed by atoms with Gasteiger partial charge in [-0.3, -0.25) is 9.59 Å². The number of esters is 2. The Morgan fingerprint density at radius 1 is 0.810 bits per heavy atom. The summed E-state index contributed by atoms with van der Waals surface area (Å²) in [5.74, 6) is 0.922. The maximum Gasteiger partial charge on any atom is 0.303 e. The van der Waals surface area contributed by atoms with Crippen molar-refractivity contribution in [1.29, 1.82) is 0 Å². The lowest BCUT2D eigenvalue weighted by atomic mass is 9.33. The average molecular weight is 587 g/mol. The summed E-state index contributed by atoms with van der Waals surface area (Å²) in [5.41, 5.74) is 1.51. The number of ether oxygens (including phenoxy) is 4. The number of rotatable bonds is 5. The largest absolute Gasteiger partial charge is 0.462 e. The number of hydrogen-bond donors (Lipinski definition) is 0. The fraction of sp³-hybridized carbons (Fsp3) is 0.889. The molecule has 0 amide bonds. The van der Waals surface area contributed by atoms with E-state index in [4.69, 9.17) is 18.9 Å². The molecule has 238 valence electrons. The number of allylic oxidation sites excluding steroid dienone is 2. The van der Waals surface area contributed by atoms with Crippen LogP contribution >= 0.6 is 0 Å². The minimum Gasteiger partial charge on any atom is -0.462 e. The van der Waals surface area contributed by atoms with E-state index in [1.807, 2.05) is 0 Å². The highest BCUT2D eigenvalue weighted by Crippen LogP contribution is 2.76. The molecule has 5 aliphatic carbocycles. The molecule has 11 atom stereocenters. The normalized spacial score (nSPS) is 49.4. The summed E-state index contributed by atoms with van der Waals surface area (Å²) in [6.07, 6.45) is 10.7. The van der Waals surface area contributed by atoms with Crippen molar-refractivity contribution in [2.24, 2.45) is 50.2 Å². The van der Waals surface area contributed by atoms with E-state index < -0.39 is 0 Å². The molecule has 42 heavy (non-hydrogen) atoms. The first-order valence-electron chi connectivity index (χ1n) is 16.5. The molecule has 0 aromatic carbocycles. The molecule has 0 unspecified atom stereocenters. The lowest BCUT2D eigenvalue weighted by molar-refractivity contribution is -0.236. The third kappa shape index (κ3) is 4.30. The molecule has 6 nitrogen and oxygen atoms in total. The Bertz CT molecular complexity index is 1130. The lowest BCUT2D eigenvalue weighted by Gasteiger charge is -2.72. The summed E-state index contributed by atoms with van der Waals surface area (Å²) < 4.78 is 24.1. The van der Waals surface area contributed by atoms with Crippen LogP contribution in [0.4, 0.5) is 0 Å². The van der Waals surface area contributed by atoms with Crippen molar-refractivity contribution < 1.29 is 28.5 Å². The smallest absolute Gasteiger partial charge is 0.303 e. The van der Waals surface area contributed by atoms with Crippen molar-refractivity contribution in [1.82, 2.24) is 0 Å². The molecule has 5 rings (SSSR count). The summed E-state index contributed by atoms with van der Waals surface area (Å²) in [6.45, 7) is 20.7. The van der Waals surface area contributed by atoms with Crippen LogP contribution in [0.15, 0.2) is 11.6 Å². The van der Waals surface area contributed by atoms with E-state index in [1.165, 1.54) is 20.3 Å². The van der Waals surface area contributed by atoms with E-state index in [2.05, 4.69) is 54.5 Å². The third-order valence-corrected chi connectivity index (χ3v) is 14.3. The zero-order chi connectivity index (χ0) is 31.1. The van der Waals surface area contributed by atoms with Crippen LogP contribution in [0.1, 0.15) is 114 Å². The number of carbonyl (C=O) groups is 2. The number of hydrogen-bond acceptors (Lipinski definition) is 6. The molecule has 0 aromatic rings. The molecule has 0 radical (unpaired) electrons. The van der Waals surface area contributed by atoms with Gasteiger partial charge in [0.05, 0.1) is 12.7 Å². The van der Waals surface area contributed by atoms with Gasteiger partial charge >= 0.3 is 11.9 Å². The van der Waals surface area contributed by atoms with Gasteiger partial charge in [0.25, 0.3) is 0 Å². The maximum atomic E-state index is 12.4. The van der Waals surface area contributed by atoms with Crippen molar-refractivity contribution in [3.05, 3.63) is 11.6 Å². The summed E-state index contributed by atoms with van der Waals surface area (Å²) in [6, 6.07) is 0. The fourth-order valence-electron chi connectivity index (χ4n) is 12.1. The summed E-state index contributed by atoms with van der Waals surface area (Å²) in [5, 5.41) is 0. The Balaban J connectivity index is 1.56. The van der Waals surface area contributed by atoms with Gasteiger partial charge < -0.3 is 18.9 Å². The van der Waals surface area contributed by atoms with Crippen LogP contribution in [0.25, 0.3) is 0 Å². The summed E-state index contributed by atoms with van der Waals surface area (Å²) >= 11 is 0. The van der Waals surface area contributed by atoms with Gasteiger partial charge in [-0.15, -0.1) is 0 Å². The highest BCUT2D eigenvalue weighted by molar-refractivity contribution is 5.66. The van der Waals surface area contributed by atoms with E-state index in [0.29, 0.717) is 24.4 Å². The van der Waals surface area contributed by atoms with Gasteiger partial charge in [0.15, 0.2) is 0 Å². The van der Waals surface area contributed by atoms with Gasteiger partial charge in [-0.25, -0.2) is 0 Å². The van der Waals surface area contributed by atoms with Crippen LogP contribution in [0.5, 0.6) is 0 Å². The SMILES string of the molecule is COC[C@]1(C)[C@@H]2CC[C@]3(C)[C@H](CC=C4[C@@H]5CC(C)(C)[C@@H](OC)[C@@H](OC(C)=O)[C@]5(C)CC[C@]43C)[C@@]2(C)CC[C@@H]1OC(C)=O. The molecular formula is C36H58O6. The predicted molar refractivity (Wildman–Crippen MR) is 164 cm³/mol. The Labute approximate surface area is 255 Å². The van der Waals surface area contributed by atoms with Gasteiger partial charge in [0.1, 0.15) is 12.2 Å². The molecule has 0 N–H and O–H groups in total. The molecule has 6 heteroatoms. The van der Waals surface area contributed by atoms with E-state index in [0.717, 1.165) is 44.9 Å². The molecule has 0 spiro atoms. The third-order valence-electron chi connectivity index (χ3n) is 14.3. The van der Waals surface area contributed by atoms with Crippen LogP contribution in [0.3, 0.4) is 0 Å². The first-order valence-corrected chi connectivity index (χ1v) is 16.5. The van der Waals surface area contributed by atoms with E-state index >= 15 is 0 Å². The fourth-order valence-corrected chi connectivity index (χ4v) is 12.1. The van der Waals surface area contributed by atoms with Crippen LogP contribution in [-0.4, -0.2) is 51.1 Å². The zero-order valence-electron chi connectivity index (χ0n) is 28.4. The van der Waals surface area contributed by atoms with E-state index in [-0.39, 0.29) is 62.7 Å². The van der Waals surface area contributed by atoms with Gasteiger partial charge in [0.2, 0.25) is 0 Å². The van der Waals surface area contributed by atoms with Crippen molar-refractivity contribution in [2.45, 2.75) is 132 Å². The van der Waals surface area contributed by atoms with Gasteiger partial charge in [0, 0.05) is 38.9 Å². The molecule has 0 saturated heterocycles. The Kier molecular flexibility index (Phi) is 7.87. The zero-order valence-corrected chi connectivity index (χ0v) is 28.4. The maximum absolute atomic E-state index is 12.4. The second-order valence-electron chi connectivity index (χ2n) is 16.8. The van der Waals surface area contributed by atoms with Crippen LogP contribution < -0.4 is 0 Å². The van der Waals surface area contributed by atoms with E-state index in [9.17, 15) is 9.59 Å². The minimum absolute atomic E-state index is 0.0786. The molecule has 4 saturated carbocycles. The Morgan fingerprint density at radius 3 is 2.07 bits per heavy atom. The first-order chi connectivity index (χ1) is 19.4. The molecule has 0 aliphatic heterocycles. The summed E-state index contributed by atoms with van der Waals surface area (Å²) in [7, 11) is 3.56. The van der Waals surface area contributed by atoms with Gasteiger partial charge in [-0.1, -0.05) is 60.1 Å². The molecule has 4 fully saturated rings. The number of carbonyl (C=O) groups excluding carboxylic acids is 2. The monoisotopic (exact) mass is 586 g/mol. The molecule has 0 heterocycles. The van der Waals surface area contributed by atoms with Crippen molar-refractivity contribution in [2.75, 3.05) is 20.8 Å². The van der Waals surface area contributed by atoms with Crippen LogP contribution in [0.2, 0.25) is 0 Å². The topological polar surface area (TPSA) is 71.1 Å². The van der Waals surface area contributed by atoms with E-state index in [1.54, 1.807) is 19.8 Å². The minimum atomic E-state index is -0.260. The van der Waals surface area contributed by atoms with Gasteiger partial charge in [-0.2, -0.15) is 0 Å². The summed E-state index contributed by atoms with van der Waals surface area (Å²) in [4.78, 5) is 24.5. The van der Waals surface area contributed by atoms with Crippen LogP contribution in [-0.2, 0) is 28.5 Å². The lowest BCUT2D eigenvalue weighted by Crippen LogP contribution is -2.67. The first kappa shape index (κ1) is 32.0. The number of methoxy groups -OCH3 is 2.